The van der Waals surface area contributed by atoms with Crippen molar-refractivity contribution in [2.75, 3.05) is 18.5 Å². The average Bonchev–Trinajstić information content (AvgIpc) is 2.85. The van der Waals surface area contributed by atoms with E-state index in [9.17, 15) is 22.4 Å². The number of alkyl halides is 4. The van der Waals surface area contributed by atoms with E-state index in [-0.39, 0.29) is 5.91 Å². The fourth-order valence-electron chi connectivity index (χ4n) is 3.69. The summed E-state index contributed by atoms with van der Waals surface area (Å²) < 4.78 is 60.5. The number of amides is 1. The number of carbonyl (C=O) groups is 1. The third kappa shape index (κ3) is 7.48. The van der Waals surface area contributed by atoms with Crippen LogP contribution in [0.1, 0.15) is 23.7 Å². The topological polar surface area (TPSA) is 63.7 Å². The van der Waals surface area contributed by atoms with Gasteiger partial charge in [-0.25, -0.2) is 0 Å². The Bertz CT molecular complexity index is 1120. The van der Waals surface area contributed by atoms with Crippen LogP contribution in [0.25, 0.3) is 0 Å². The molecule has 2 aromatic carbocycles. The molecule has 0 aliphatic rings. The van der Waals surface area contributed by atoms with Gasteiger partial charge in [0, 0.05) is 37.2 Å². The number of pyridine rings is 1. The zero-order valence-electron chi connectivity index (χ0n) is 19.2. The molecule has 0 aliphatic heterocycles. The Morgan fingerprint density at radius 1 is 1.00 bits per heavy atom. The number of nitrogens with one attached hydrogen (secondary N) is 1. The average molecular weight is 526 g/mol. The van der Waals surface area contributed by atoms with Crippen molar-refractivity contribution in [3.8, 4) is 11.5 Å². The van der Waals surface area contributed by atoms with Crippen molar-refractivity contribution in [3.05, 3.63) is 83.1 Å². The molecule has 192 valence electrons. The first-order valence-corrected chi connectivity index (χ1v) is 11.3. The van der Waals surface area contributed by atoms with Gasteiger partial charge in [-0.1, -0.05) is 41.9 Å². The number of aryl methyl sites for hydroxylation is 1. The van der Waals surface area contributed by atoms with Crippen LogP contribution in [0.15, 0.2) is 66.9 Å². The summed E-state index contributed by atoms with van der Waals surface area (Å²) in [6, 6.07) is 15.2. The second kappa shape index (κ2) is 13.0. The molecule has 0 spiro atoms. The molecule has 0 saturated heterocycles. The Hall–Kier alpha value is -3.53. The fourth-order valence-corrected chi connectivity index (χ4v) is 3.81. The van der Waals surface area contributed by atoms with Gasteiger partial charge in [0.15, 0.2) is 11.5 Å². The number of hydrogen-bond donors (Lipinski definition) is 1. The highest BCUT2D eigenvalue weighted by Crippen LogP contribution is 2.37. The summed E-state index contributed by atoms with van der Waals surface area (Å²) in [5.41, 5.74) is 1.72. The lowest BCUT2D eigenvalue weighted by molar-refractivity contribution is -0.122. The molecule has 0 radical (unpaired) electrons. The van der Waals surface area contributed by atoms with Crippen LogP contribution < -0.4 is 19.7 Å². The molecule has 0 aliphatic carbocycles. The first kappa shape index (κ1) is 27.1. The van der Waals surface area contributed by atoms with Crippen LogP contribution in [0.4, 0.5) is 23.2 Å². The normalized spacial score (nSPS) is 11.9. The number of likely N-dealkylation sites (N-methyl/N-ethyl adjacent to an activating group) is 1. The van der Waals surface area contributed by atoms with E-state index >= 15 is 0 Å². The highest BCUT2D eigenvalue weighted by molar-refractivity contribution is 6.30. The number of anilines is 1. The van der Waals surface area contributed by atoms with Crippen LogP contribution in [0.2, 0.25) is 5.02 Å². The molecule has 6 nitrogen and oxygen atoms in total. The predicted octanol–water partition coefficient (Wildman–Crippen LogP) is 5.86. The van der Waals surface area contributed by atoms with Crippen molar-refractivity contribution in [2.24, 2.45) is 0 Å². The molecule has 36 heavy (non-hydrogen) atoms. The van der Waals surface area contributed by atoms with Crippen molar-refractivity contribution in [1.29, 1.82) is 0 Å². The molecule has 1 heterocycles. The lowest BCUT2D eigenvalue weighted by atomic mass is 10.0. The fraction of sp³-hybridized carbons (Fsp3) is 0.280. The smallest absolute Gasteiger partial charge is 0.387 e. The van der Waals surface area contributed by atoms with Gasteiger partial charge in [0.25, 0.3) is 0 Å². The molecule has 0 saturated carbocycles. The summed E-state index contributed by atoms with van der Waals surface area (Å²) in [4.78, 5) is 19.0. The minimum Gasteiger partial charge on any atom is -0.431 e. The largest absolute Gasteiger partial charge is 0.431 e. The van der Waals surface area contributed by atoms with E-state index in [4.69, 9.17) is 11.6 Å². The SMILES string of the molecule is CNC(=O)[C@H](c1ccccc1)N(CCCc1ccc(Cl)cn1)c1ccc(OC(F)F)c(OC(F)F)c1. The molecule has 3 rings (SSSR count). The van der Waals surface area contributed by atoms with E-state index in [0.717, 1.165) is 17.8 Å². The van der Waals surface area contributed by atoms with Gasteiger partial charge in [0.2, 0.25) is 5.91 Å². The molecule has 1 aromatic heterocycles. The van der Waals surface area contributed by atoms with Gasteiger partial charge in [0.05, 0.1) is 5.02 Å². The van der Waals surface area contributed by atoms with Gasteiger partial charge in [-0.15, -0.1) is 0 Å². The van der Waals surface area contributed by atoms with Crippen molar-refractivity contribution >= 4 is 23.2 Å². The first-order valence-electron chi connectivity index (χ1n) is 11.0. The highest BCUT2D eigenvalue weighted by atomic mass is 35.5. The summed E-state index contributed by atoms with van der Waals surface area (Å²) in [5.74, 6) is -1.47. The summed E-state index contributed by atoms with van der Waals surface area (Å²) in [6.45, 7) is -6.21. The van der Waals surface area contributed by atoms with E-state index in [0.29, 0.717) is 35.7 Å². The van der Waals surface area contributed by atoms with Gasteiger partial charge >= 0.3 is 13.2 Å². The summed E-state index contributed by atoms with van der Waals surface area (Å²) in [6.07, 6.45) is 2.59. The third-order valence-corrected chi connectivity index (χ3v) is 5.46. The van der Waals surface area contributed by atoms with Crippen LogP contribution in [-0.4, -0.2) is 37.7 Å². The molecule has 1 N–H and O–H groups in total. The molecule has 11 heteroatoms. The van der Waals surface area contributed by atoms with E-state index in [1.54, 1.807) is 47.4 Å². The molecule has 1 atom stereocenters. The van der Waals surface area contributed by atoms with Crippen LogP contribution in [-0.2, 0) is 11.2 Å². The van der Waals surface area contributed by atoms with E-state index in [2.05, 4.69) is 19.8 Å². The van der Waals surface area contributed by atoms with Crippen molar-refractivity contribution in [1.82, 2.24) is 10.3 Å². The maximum atomic E-state index is 13.0. The summed E-state index contributed by atoms with van der Waals surface area (Å²) in [5, 5.41) is 3.13. The number of aromatic nitrogens is 1. The molecule has 0 fully saturated rings. The Morgan fingerprint density at radius 2 is 1.69 bits per heavy atom. The minimum absolute atomic E-state index is 0.292. The van der Waals surface area contributed by atoms with Crippen LogP contribution in [0.3, 0.4) is 0 Å². The van der Waals surface area contributed by atoms with E-state index in [1.165, 1.54) is 19.3 Å². The highest BCUT2D eigenvalue weighted by Gasteiger charge is 2.28. The van der Waals surface area contributed by atoms with Crippen molar-refractivity contribution in [3.63, 3.8) is 0 Å². The monoisotopic (exact) mass is 525 g/mol. The lowest BCUT2D eigenvalue weighted by Crippen LogP contribution is -2.40. The van der Waals surface area contributed by atoms with Crippen LogP contribution >= 0.6 is 11.6 Å². The molecule has 0 bridgehead atoms. The first-order chi connectivity index (χ1) is 17.3. The number of hydrogen-bond acceptors (Lipinski definition) is 5. The maximum Gasteiger partial charge on any atom is 0.387 e. The second-order valence-corrected chi connectivity index (χ2v) is 8.02. The van der Waals surface area contributed by atoms with Gasteiger partial charge in [0.1, 0.15) is 6.04 Å². The third-order valence-electron chi connectivity index (χ3n) is 5.23. The Morgan fingerprint density at radius 3 is 2.31 bits per heavy atom. The van der Waals surface area contributed by atoms with Gasteiger partial charge < -0.3 is 19.7 Å². The molecule has 0 unspecified atom stereocenters. The van der Waals surface area contributed by atoms with E-state index < -0.39 is 30.8 Å². The summed E-state index contributed by atoms with van der Waals surface area (Å²) >= 11 is 5.89. The molecular formula is C25H24ClF4N3O3. The Labute approximate surface area is 210 Å². The lowest BCUT2D eigenvalue weighted by Gasteiger charge is -2.33. The molecular weight excluding hydrogens is 502 g/mol. The number of nitrogens with zero attached hydrogens (tertiary/aromatic N) is 2. The number of halogens is 5. The Balaban J connectivity index is 2.00. The van der Waals surface area contributed by atoms with Crippen molar-refractivity contribution < 1.29 is 31.8 Å². The van der Waals surface area contributed by atoms with Gasteiger partial charge in [-0.3, -0.25) is 9.78 Å². The van der Waals surface area contributed by atoms with E-state index in [1.807, 2.05) is 0 Å². The zero-order valence-corrected chi connectivity index (χ0v) is 20.0. The summed E-state index contributed by atoms with van der Waals surface area (Å²) in [7, 11) is 1.49. The maximum absolute atomic E-state index is 13.0. The number of rotatable bonds is 12. The number of benzene rings is 2. The zero-order chi connectivity index (χ0) is 26.1. The van der Waals surface area contributed by atoms with Crippen LogP contribution in [0.5, 0.6) is 11.5 Å². The van der Waals surface area contributed by atoms with Crippen LogP contribution in [0, 0.1) is 0 Å². The Kier molecular flexibility index (Phi) is 9.75. The molecule has 1 amide bonds. The quantitative estimate of drug-likeness (QED) is 0.300. The predicted molar refractivity (Wildman–Crippen MR) is 128 cm³/mol. The van der Waals surface area contributed by atoms with Gasteiger partial charge in [-0.05, 0) is 42.7 Å². The number of ether oxygens (including phenoxy) is 2. The molecule has 3 aromatic rings. The second-order valence-electron chi connectivity index (χ2n) is 7.58. The minimum atomic E-state index is -3.27. The van der Waals surface area contributed by atoms with Crippen molar-refractivity contribution in [2.45, 2.75) is 32.1 Å². The van der Waals surface area contributed by atoms with Gasteiger partial charge in [-0.2, -0.15) is 17.6 Å². The number of carbonyl (C=O) groups excluding carboxylic acids is 1. The standard InChI is InChI=1S/C25H24ClF4N3O3/c1-31-23(34)22(16-6-3-2-4-7-16)33(13-5-8-18-10-9-17(26)15-32-18)19-11-12-20(35-24(27)28)21(14-19)36-25(29)30/h2-4,6-7,9-12,14-15,22,24-25H,5,8,13H2,1H3,(H,31,34)/t22-/m0/s1.